The third-order valence-corrected chi connectivity index (χ3v) is 3.82. The van der Waals surface area contributed by atoms with Crippen LogP contribution in [-0.4, -0.2) is 38.5 Å². The Kier molecular flexibility index (Phi) is 4.78. The van der Waals surface area contributed by atoms with Crippen molar-refractivity contribution in [2.75, 3.05) is 14.2 Å². The van der Waals surface area contributed by atoms with Crippen molar-refractivity contribution in [1.82, 2.24) is 0 Å². The maximum atomic E-state index is 11.9. The second kappa shape index (κ2) is 6.34. The molecule has 0 amide bonds. The van der Waals surface area contributed by atoms with Crippen LogP contribution in [0.2, 0.25) is 0 Å². The number of ether oxygens (including phenoxy) is 3. The highest BCUT2D eigenvalue weighted by Gasteiger charge is 2.32. The van der Waals surface area contributed by atoms with Gasteiger partial charge in [0.15, 0.2) is 0 Å². The molecule has 0 spiro atoms. The van der Waals surface area contributed by atoms with Crippen LogP contribution in [0.3, 0.4) is 0 Å². The van der Waals surface area contributed by atoms with Crippen molar-refractivity contribution in [3.8, 4) is 0 Å². The Morgan fingerprint density at radius 3 is 2.22 bits per heavy atom. The first-order valence-corrected chi connectivity index (χ1v) is 6.68. The topological polar surface area (TPSA) is 44.8 Å². The molecule has 1 unspecified atom stereocenters. The molecule has 0 aromatic rings. The summed E-state index contributed by atoms with van der Waals surface area (Å²) in [7, 11) is 3.39. The van der Waals surface area contributed by atoms with Gasteiger partial charge in [0.25, 0.3) is 0 Å². The molecule has 4 heteroatoms. The highest BCUT2D eigenvalue weighted by atomic mass is 16.6. The minimum Gasteiger partial charge on any atom is -0.459 e. The van der Waals surface area contributed by atoms with Gasteiger partial charge >= 0.3 is 5.97 Å². The number of carbonyl (C=O) groups is 1. The van der Waals surface area contributed by atoms with Gasteiger partial charge in [-0.2, -0.15) is 0 Å². The van der Waals surface area contributed by atoms with Crippen LogP contribution >= 0.6 is 0 Å². The number of carbonyl (C=O) groups excluding carboxylic acids is 1. The molecule has 18 heavy (non-hydrogen) atoms. The van der Waals surface area contributed by atoms with Gasteiger partial charge in [0.05, 0.1) is 12.2 Å². The van der Waals surface area contributed by atoms with Gasteiger partial charge in [0.2, 0.25) is 0 Å². The van der Waals surface area contributed by atoms with Crippen LogP contribution in [-0.2, 0) is 19.0 Å². The molecule has 0 saturated heterocycles. The van der Waals surface area contributed by atoms with E-state index in [2.05, 4.69) is 0 Å². The molecule has 2 rings (SSSR count). The van der Waals surface area contributed by atoms with Crippen molar-refractivity contribution in [1.29, 1.82) is 0 Å². The predicted molar refractivity (Wildman–Crippen MR) is 67.3 cm³/mol. The lowest BCUT2D eigenvalue weighted by Crippen LogP contribution is -2.37. The van der Waals surface area contributed by atoms with Crippen molar-refractivity contribution in [3.05, 3.63) is 11.6 Å². The fraction of sp³-hybridized carbons (Fsp3) is 0.786. The standard InChI is InChI=1S/C14H22O4/c1-16-11-7-12(17-2)9-13(8-11)18-14(15)10-5-3-4-6-10/h5,11-13H,3-4,6-9H2,1-2H3/t11-,12+,13?. The maximum Gasteiger partial charge on any atom is 0.333 e. The molecule has 0 N–H and O–H groups in total. The van der Waals surface area contributed by atoms with Crippen molar-refractivity contribution >= 4 is 5.97 Å². The van der Waals surface area contributed by atoms with Crippen molar-refractivity contribution < 1.29 is 19.0 Å². The third kappa shape index (κ3) is 3.33. The highest BCUT2D eigenvalue weighted by molar-refractivity contribution is 5.89. The monoisotopic (exact) mass is 254 g/mol. The van der Waals surface area contributed by atoms with E-state index in [1.807, 2.05) is 6.08 Å². The number of rotatable bonds is 4. The number of hydrogen-bond acceptors (Lipinski definition) is 4. The largest absolute Gasteiger partial charge is 0.459 e. The van der Waals surface area contributed by atoms with Crippen LogP contribution in [0.15, 0.2) is 11.6 Å². The van der Waals surface area contributed by atoms with Gasteiger partial charge in [-0.3, -0.25) is 0 Å². The van der Waals surface area contributed by atoms with Crippen LogP contribution in [0.25, 0.3) is 0 Å². The first-order chi connectivity index (χ1) is 8.72. The molecular weight excluding hydrogens is 232 g/mol. The van der Waals surface area contributed by atoms with Gasteiger partial charge < -0.3 is 14.2 Å². The van der Waals surface area contributed by atoms with E-state index in [1.54, 1.807) is 14.2 Å². The first-order valence-electron chi connectivity index (χ1n) is 6.68. The van der Waals surface area contributed by atoms with Gasteiger partial charge in [0, 0.05) is 39.1 Å². The summed E-state index contributed by atoms with van der Waals surface area (Å²) >= 11 is 0. The van der Waals surface area contributed by atoms with Gasteiger partial charge in [-0.05, 0) is 19.3 Å². The molecule has 2 aliphatic rings. The Bertz CT molecular complexity index is 312. The van der Waals surface area contributed by atoms with Gasteiger partial charge in [0.1, 0.15) is 6.10 Å². The van der Waals surface area contributed by atoms with Crippen molar-refractivity contribution in [2.45, 2.75) is 56.8 Å². The quantitative estimate of drug-likeness (QED) is 0.722. The second-order valence-corrected chi connectivity index (χ2v) is 5.07. The molecule has 0 aliphatic heterocycles. The molecule has 0 bridgehead atoms. The molecule has 0 aromatic heterocycles. The number of esters is 1. The zero-order valence-electron chi connectivity index (χ0n) is 11.2. The molecule has 0 radical (unpaired) electrons. The zero-order chi connectivity index (χ0) is 13.0. The van der Waals surface area contributed by atoms with Crippen LogP contribution in [0, 0.1) is 0 Å². The molecule has 102 valence electrons. The van der Waals surface area contributed by atoms with E-state index in [9.17, 15) is 4.79 Å². The summed E-state index contributed by atoms with van der Waals surface area (Å²) in [5.41, 5.74) is 0.837. The van der Waals surface area contributed by atoms with E-state index in [-0.39, 0.29) is 24.3 Å². The van der Waals surface area contributed by atoms with Crippen molar-refractivity contribution in [2.24, 2.45) is 0 Å². The summed E-state index contributed by atoms with van der Waals surface area (Å²) in [4.78, 5) is 11.9. The maximum absolute atomic E-state index is 11.9. The lowest BCUT2D eigenvalue weighted by Gasteiger charge is -2.33. The number of hydrogen-bond donors (Lipinski definition) is 0. The van der Waals surface area contributed by atoms with E-state index in [1.165, 1.54) is 0 Å². The summed E-state index contributed by atoms with van der Waals surface area (Å²) in [5.74, 6) is -0.149. The van der Waals surface area contributed by atoms with Crippen molar-refractivity contribution in [3.63, 3.8) is 0 Å². The molecule has 0 heterocycles. The molecule has 1 saturated carbocycles. The minimum atomic E-state index is -0.149. The lowest BCUT2D eigenvalue weighted by atomic mass is 9.92. The summed E-state index contributed by atoms with van der Waals surface area (Å²) in [6, 6.07) is 0. The Morgan fingerprint density at radius 1 is 1.11 bits per heavy atom. The van der Waals surface area contributed by atoms with E-state index >= 15 is 0 Å². The van der Waals surface area contributed by atoms with E-state index in [4.69, 9.17) is 14.2 Å². The molecule has 2 aliphatic carbocycles. The first kappa shape index (κ1) is 13.6. The highest BCUT2D eigenvalue weighted by Crippen LogP contribution is 2.27. The Hall–Kier alpha value is -0.870. The van der Waals surface area contributed by atoms with Gasteiger partial charge in [-0.1, -0.05) is 6.08 Å². The SMILES string of the molecule is CO[C@@H]1CC(OC(=O)C2=CCCC2)C[C@H](OC)C1. The Balaban J connectivity index is 1.89. The van der Waals surface area contributed by atoms with Crippen LogP contribution in [0.1, 0.15) is 38.5 Å². The summed E-state index contributed by atoms with van der Waals surface area (Å²) in [6.07, 6.45) is 7.50. The molecule has 0 aromatic carbocycles. The molecule has 3 atom stereocenters. The van der Waals surface area contributed by atoms with E-state index in [0.717, 1.165) is 44.1 Å². The fourth-order valence-electron chi connectivity index (χ4n) is 2.73. The van der Waals surface area contributed by atoms with Crippen LogP contribution < -0.4 is 0 Å². The van der Waals surface area contributed by atoms with Gasteiger partial charge in [-0.25, -0.2) is 4.79 Å². The van der Waals surface area contributed by atoms with Crippen LogP contribution in [0.4, 0.5) is 0 Å². The predicted octanol–water partition coefficient (Wildman–Crippen LogP) is 2.22. The number of allylic oxidation sites excluding steroid dienone is 1. The van der Waals surface area contributed by atoms with Crippen LogP contribution in [0.5, 0.6) is 0 Å². The average Bonchev–Trinajstić information content (AvgIpc) is 2.92. The lowest BCUT2D eigenvalue weighted by molar-refractivity contribution is -0.151. The number of methoxy groups -OCH3 is 2. The fourth-order valence-corrected chi connectivity index (χ4v) is 2.73. The average molecular weight is 254 g/mol. The van der Waals surface area contributed by atoms with E-state index < -0.39 is 0 Å². The molecule has 1 fully saturated rings. The summed E-state index contributed by atoms with van der Waals surface area (Å²) in [6.45, 7) is 0. The van der Waals surface area contributed by atoms with Gasteiger partial charge in [-0.15, -0.1) is 0 Å². The molecular formula is C14H22O4. The zero-order valence-corrected chi connectivity index (χ0v) is 11.2. The second-order valence-electron chi connectivity index (χ2n) is 5.07. The Morgan fingerprint density at radius 2 is 1.72 bits per heavy atom. The van der Waals surface area contributed by atoms with E-state index in [0.29, 0.717) is 0 Å². The Labute approximate surface area is 108 Å². The molecule has 4 nitrogen and oxygen atoms in total. The third-order valence-electron chi connectivity index (χ3n) is 3.82. The normalized spacial score (nSPS) is 32.1. The summed E-state index contributed by atoms with van der Waals surface area (Å²) < 4.78 is 16.3. The summed E-state index contributed by atoms with van der Waals surface area (Å²) in [5, 5.41) is 0. The minimum absolute atomic E-state index is 0.0809. The smallest absolute Gasteiger partial charge is 0.333 e.